The van der Waals surface area contributed by atoms with Crippen molar-refractivity contribution in [3.05, 3.63) is 112 Å². The largest absolute Gasteiger partial charge is 0.461 e. The zero-order chi connectivity index (χ0) is 23.7. The van der Waals surface area contributed by atoms with Gasteiger partial charge < -0.3 is 14.6 Å². The number of carbonyl (C=O) groups excluding carboxylic acids is 2. The number of hydrogen-bond donors (Lipinski definition) is 1. The van der Waals surface area contributed by atoms with Gasteiger partial charge in [-0.2, -0.15) is 0 Å². The number of amides is 2. The van der Waals surface area contributed by atoms with Crippen LogP contribution < -0.4 is 5.32 Å². The quantitative estimate of drug-likeness (QED) is 0.383. The van der Waals surface area contributed by atoms with Crippen LogP contribution in [0, 0.1) is 5.82 Å². The van der Waals surface area contributed by atoms with Crippen molar-refractivity contribution in [1.82, 2.24) is 4.90 Å². The molecule has 0 unspecified atom stereocenters. The Morgan fingerprint density at radius 1 is 0.971 bits per heavy atom. The first-order chi connectivity index (χ1) is 16.5. The highest BCUT2D eigenvalue weighted by Gasteiger charge is 2.26. The van der Waals surface area contributed by atoms with Gasteiger partial charge in [-0.1, -0.05) is 29.8 Å². The molecule has 34 heavy (non-hydrogen) atoms. The molecule has 170 valence electrons. The highest BCUT2D eigenvalue weighted by Crippen LogP contribution is 2.31. The van der Waals surface area contributed by atoms with Crippen LogP contribution in [-0.2, 0) is 13.0 Å². The van der Waals surface area contributed by atoms with Crippen molar-refractivity contribution in [2.45, 2.75) is 13.0 Å². The van der Waals surface area contributed by atoms with Crippen LogP contribution in [-0.4, -0.2) is 23.3 Å². The molecular weight excluding hydrogens is 455 g/mol. The zero-order valence-corrected chi connectivity index (χ0v) is 18.8. The van der Waals surface area contributed by atoms with Gasteiger partial charge in [-0.05, 0) is 60.7 Å². The zero-order valence-electron chi connectivity index (χ0n) is 18.1. The topological polar surface area (TPSA) is 62.6 Å². The van der Waals surface area contributed by atoms with E-state index in [9.17, 15) is 14.0 Å². The van der Waals surface area contributed by atoms with Crippen molar-refractivity contribution in [2.75, 3.05) is 11.9 Å². The Kier molecular flexibility index (Phi) is 5.90. The Labute approximate surface area is 200 Å². The summed E-state index contributed by atoms with van der Waals surface area (Å²) >= 11 is 6.20. The highest BCUT2D eigenvalue weighted by molar-refractivity contribution is 6.33. The summed E-state index contributed by atoms with van der Waals surface area (Å²) in [6.45, 7) is 1.000. The second kappa shape index (κ2) is 9.15. The third-order valence-corrected chi connectivity index (χ3v) is 6.10. The van der Waals surface area contributed by atoms with E-state index in [1.165, 1.54) is 18.2 Å². The summed E-state index contributed by atoms with van der Waals surface area (Å²) in [5.74, 6) is 0.611. The van der Waals surface area contributed by atoms with Gasteiger partial charge in [0.05, 0.1) is 10.6 Å². The summed E-state index contributed by atoms with van der Waals surface area (Å²) in [5, 5.41) is 3.20. The number of fused-ring (bicyclic) bond motifs is 1. The second-order valence-corrected chi connectivity index (χ2v) is 8.46. The van der Waals surface area contributed by atoms with Crippen molar-refractivity contribution < 1.29 is 18.4 Å². The number of furan rings is 1. The number of nitrogens with one attached hydrogen (secondary N) is 1. The predicted octanol–water partition coefficient (Wildman–Crippen LogP) is 6.19. The first-order valence-electron chi connectivity index (χ1n) is 10.8. The number of nitrogens with zero attached hydrogens (tertiary/aromatic N) is 1. The number of benzene rings is 3. The maximum atomic E-state index is 13.4. The van der Waals surface area contributed by atoms with Crippen LogP contribution in [0.25, 0.3) is 11.3 Å². The Morgan fingerprint density at radius 3 is 2.53 bits per heavy atom. The average molecular weight is 475 g/mol. The Bertz CT molecular complexity index is 1380. The van der Waals surface area contributed by atoms with Gasteiger partial charge in [0.15, 0.2) is 0 Å². The van der Waals surface area contributed by atoms with Crippen LogP contribution >= 0.6 is 11.6 Å². The highest BCUT2D eigenvalue weighted by atomic mass is 35.5. The minimum absolute atomic E-state index is 0.0996. The van der Waals surface area contributed by atoms with E-state index in [1.807, 2.05) is 18.2 Å². The molecule has 0 bridgehead atoms. The third kappa shape index (κ3) is 4.45. The van der Waals surface area contributed by atoms with Gasteiger partial charge in [-0.25, -0.2) is 4.39 Å². The minimum Gasteiger partial charge on any atom is -0.461 e. The smallest absolute Gasteiger partial charge is 0.255 e. The molecule has 0 aliphatic carbocycles. The Hall–Kier alpha value is -3.90. The Balaban J connectivity index is 1.29. The van der Waals surface area contributed by atoms with Crippen LogP contribution in [0.2, 0.25) is 5.02 Å². The lowest BCUT2D eigenvalue weighted by Crippen LogP contribution is -2.35. The van der Waals surface area contributed by atoms with Gasteiger partial charge in [-0.15, -0.1) is 0 Å². The summed E-state index contributed by atoms with van der Waals surface area (Å²) in [4.78, 5) is 27.0. The van der Waals surface area contributed by atoms with Crippen LogP contribution in [0.1, 0.15) is 32.0 Å². The lowest BCUT2D eigenvalue weighted by atomic mass is 10.1. The molecule has 0 radical (unpaired) electrons. The number of carbonyl (C=O) groups is 2. The first kappa shape index (κ1) is 21.9. The number of halogens is 2. The molecule has 0 spiro atoms. The van der Waals surface area contributed by atoms with Crippen LogP contribution in [0.4, 0.5) is 10.1 Å². The summed E-state index contributed by atoms with van der Waals surface area (Å²) in [7, 11) is 0. The summed E-state index contributed by atoms with van der Waals surface area (Å²) in [6, 6.07) is 21.7. The summed E-state index contributed by atoms with van der Waals surface area (Å²) in [5.41, 5.74) is 3.14. The Morgan fingerprint density at radius 2 is 1.76 bits per heavy atom. The van der Waals surface area contributed by atoms with Crippen LogP contribution in [0.5, 0.6) is 0 Å². The monoisotopic (exact) mass is 474 g/mol. The van der Waals surface area contributed by atoms with E-state index in [1.54, 1.807) is 47.4 Å². The number of rotatable bonds is 4. The van der Waals surface area contributed by atoms with E-state index < -0.39 is 5.82 Å². The van der Waals surface area contributed by atoms with E-state index in [-0.39, 0.29) is 17.4 Å². The molecule has 7 heteroatoms. The normalized spacial score (nSPS) is 12.8. The molecule has 1 aliphatic heterocycles. The van der Waals surface area contributed by atoms with Gasteiger partial charge in [0.1, 0.15) is 17.3 Å². The molecule has 0 fully saturated rings. The maximum Gasteiger partial charge on any atom is 0.255 e. The van der Waals surface area contributed by atoms with Crippen molar-refractivity contribution >= 4 is 29.1 Å². The molecule has 5 rings (SSSR count). The molecule has 4 aromatic rings. The fraction of sp³-hybridized carbons (Fsp3) is 0.111. The summed E-state index contributed by atoms with van der Waals surface area (Å²) in [6.07, 6.45) is 0.618. The van der Waals surface area contributed by atoms with E-state index in [0.29, 0.717) is 41.5 Å². The molecule has 0 saturated carbocycles. The molecule has 0 atom stereocenters. The van der Waals surface area contributed by atoms with Crippen molar-refractivity contribution in [2.24, 2.45) is 0 Å². The van der Waals surface area contributed by atoms with Gasteiger partial charge >= 0.3 is 0 Å². The molecule has 1 N–H and O–H groups in total. The first-order valence-corrected chi connectivity index (χ1v) is 11.2. The van der Waals surface area contributed by atoms with Gasteiger partial charge in [-0.3, -0.25) is 9.59 Å². The molecule has 3 aromatic carbocycles. The lowest BCUT2D eigenvalue weighted by molar-refractivity contribution is 0.0730. The van der Waals surface area contributed by atoms with Gasteiger partial charge in [0, 0.05) is 41.9 Å². The molecule has 0 saturated heterocycles. The predicted molar refractivity (Wildman–Crippen MR) is 128 cm³/mol. The third-order valence-electron chi connectivity index (χ3n) is 5.77. The molecule has 2 heterocycles. The van der Waals surface area contributed by atoms with E-state index in [0.717, 1.165) is 16.9 Å². The summed E-state index contributed by atoms with van der Waals surface area (Å²) < 4.78 is 19.4. The molecule has 2 amide bonds. The fourth-order valence-electron chi connectivity index (χ4n) is 4.00. The SMILES string of the molecule is O=C(Nc1ccc(-c2cc3c(o2)CCN(C(=O)c2ccccc2Cl)C3)cc1)c1cccc(F)c1. The van der Waals surface area contributed by atoms with Crippen molar-refractivity contribution in [1.29, 1.82) is 0 Å². The van der Waals surface area contributed by atoms with E-state index in [2.05, 4.69) is 5.32 Å². The lowest BCUT2D eigenvalue weighted by Gasteiger charge is -2.26. The van der Waals surface area contributed by atoms with Crippen LogP contribution in [0.15, 0.2) is 83.3 Å². The molecule has 1 aromatic heterocycles. The molecule has 1 aliphatic rings. The molecular formula is C27H20ClFN2O3. The van der Waals surface area contributed by atoms with E-state index in [4.69, 9.17) is 16.0 Å². The van der Waals surface area contributed by atoms with E-state index >= 15 is 0 Å². The average Bonchev–Trinajstić information content (AvgIpc) is 3.28. The van der Waals surface area contributed by atoms with Gasteiger partial charge in [0.2, 0.25) is 0 Å². The van der Waals surface area contributed by atoms with Gasteiger partial charge in [0.25, 0.3) is 11.8 Å². The standard InChI is InChI=1S/C27H20ClFN2O3/c28-23-7-2-1-6-22(23)27(33)31-13-12-24-19(16-31)15-25(34-24)17-8-10-21(11-9-17)30-26(32)18-4-3-5-20(29)14-18/h1-11,14-15H,12-13,16H2,(H,30,32). The van der Waals surface area contributed by atoms with Crippen molar-refractivity contribution in [3.8, 4) is 11.3 Å². The minimum atomic E-state index is -0.461. The fourth-order valence-corrected chi connectivity index (χ4v) is 4.22. The number of anilines is 1. The number of hydrogen-bond acceptors (Lipinski definition) is 3. The van der Waals surface area contributed by atoms with Crippen molar-refractivity contribution in [3.63, 3.8) is 0 Å². The second-order valence-electron chi connectivity index (χ2n) is 8.06. The molecule has 5 nitrogen and oxygen atoms in total. The van der Waals surface area contributed by atoms with Crippen LogP contribution in [0.3, 0.4) is 0 Å². The maximum absolute atomic E-state index is 13.4.